The maximum absolute atomic E-state index is 12.6. The summed E-state index contributed by atoms with van der Waals surface area (Å²) in [7, 11) is -2.98. The van der Waals surface area contributed by atoms with Gasteiger partial charge in [0.05, 0.1) is 11.5 Å². The van der Waals surface area contributed by atoms with Gasteiger partial charge in [-0.25, -0.2) is 8.42 Å². The van der Waals surface area contributed by atoms with Crippen LogP contribution in [0.2, 0.25) is 0 Å². The van der Waals surface area contributed by atoms with Gasteiger partial charge >= 0.3 is 6.18 Å². The summed E-state index contributed by atoms with van der Waals surface area (Å²) in [5, 5.41) is 3.39. The summed E-state index contributed by atoms with van der Waals surface area (Å²) in [5.74, 6) is -0.711. The van der Waals surface area contributed by atoms with Gasteiger partial charge in [0.2, 0.25) is 0 Å². The Morgan fingerprint density at radius 1 is 1.36 bits per heavy atom. The van der Waals surface area contributed by atoms with Crippen molar-refractivity contribution in [2.75, 3.05) is 11.5 Å². The van der Waals surface area contributed by atoms with Crippen LogP contribution in [-0.4, -0.2) is 35.6 Å². The van der Waals surface area contributed by atoms with Crippen molar-refractivity contribution in [3.05, 3.63) is 17.5 Å². The van der Waals surface area contributed by atoms with E-state index in [0.29, 0.717) is 25.3 Å². The van der Waals surface area contributed by atoms with E-state index in [0.717, 1.165) is 4.68 Å². The molecule has 1 aliphatic rings. The highest BCUT2D eigenvalue weighted by Gasteiger charge is 2.35. The molecule has 2 heterocycles. The quantitative estimate of drug-likeness (QED) is 0.892. The summed E-state index contributed by atoms with van der Waals surface area (Å²) in [4.78, 5) is 11.2. The van der Waals surface area contributed by atoms with E-state index in [1.807, 2.05) is 0 Å². The minimum absolute atomic E-state index is 0.0859. The zero-order valence-electron chi connectivity index (χ0n) is 11.6. The van der Waals surface area contributed by atoms with E-state index < -0.39 is 27.6 Å². The number of rotatable bonds is 4. The third-order valence-electron chi connectivity index (χ3n) is 3.75. The van der Waals surface area contributed by atoms with Crippen molar-refractivity contribution in [3.63, 3.8) is 0 Å². The molecule has 0 spiro atoms. The van der Waals surface area contributed by atoms with Crippen LogP contribution in [0, 0.1) is 5.92 Å². The maximum atomic E-state index is 12.6. The van der Waals surface area contributed by atoms with Gasteiger partial charge in [-0.2, -0.15) is 18.3 Å². The summed E-state index contributed by atoms with van der Waals surface area (Å²) in [6, 6.07) is 0.633. The molecule has 0 saturated carbocycles. The Labute approximate surface area is 125 Å². The molecule has 22 heavy (non-hydrogen) atoms. The molecule has 10 heteroatoms. The zero-order chi connectivity index (χ0) is 16.5. The van der Waals surface area contributed by atoms with E-state index >= 15 is 0 Å². The number of amides is 1. The Balaban J connectivity index is 2.06. The molecule has 1 aromatic heterocycles. The minimum atomic E-state index is -4.64. The van der Waals surface area contributed by atoms with E-state index in [2.05, 4.69) is 5.10 Å². The number of aromatic nitrogens is 2. The van der Waals surface area contributed by atoms with Gasteiger partial charge in [0.25, 0.3) is 5.91 Å². The number of hydrogen-bond acceptors (Lipinski definition) is 4. The van der Waals surface area contributed by atoms with E-state index in [1.54, 1.807) is 0 Å². The molecule has 2 rings (SSSR count). The van der Waals surface area contributed by atoms with Crippen LogP contribution >= 0.6 is 0 Å². The molecule has 0 atom stereocenters. The van der Waals surface area contributed by atoms with Crippen molar-refractivity contribution >= 4 is 15.7 Å². The molecule has 1 amide bonds. The summed E-state index contributed by atoms with van der Waals surface area (Å²) in [5.41, 5.74) is 3.61. The third-order valence-corrected chi connectivity index (χ3v) is 5.46. The molecule has 6 nitrogen and oxygen atoms in total. The second kappa shape index (κ2) is 5.90. The lowest BCUT2D eigenvalue weighted by atomic mass is 9.99. The molecule has 124 valence electrons. The topological polar surface area (TPSA) is 95.1 Å². The first-order chi connectivity index (χ1) is 10.1. The Morgan fingerprint density at radius 3 is 2.45 bits per heavy atom. The Hall–Kier alpha value is -1.58. The lowest BCUT2D eigenvalue weighted by Gasteiger charge is -2.21. The number of carbonyl (C=O) groups excluding carboxylic acids is 1. The highest BCUT2D eigenvalue weighted by molar-refractivity contribution is 7.91. The second-order valence-corrected chi connectivity index (χ2v) is 7.69. The van der Waals surface area contributed by atoms with Gasteiger partial charge in [-0.3, -0.25) is 9.48 Å². The van der Waals surface area contributed by atoms with Crippen molar-refractivity contribution in [1.29, 1.82) is 0 Å². The Kier molecular flexibility index (Phi) is 4.50. The average Bonchev–Trinajstić information content (AvgIpc) is 2.81. The standard InChI is InChI=1S/C12H16F3N3O3S/c13-12(14,15)10-7-9(11(16)19)18(17-10)4-1-8-2-5-22(20,21)6-3-8/h7-8H,1-6H2,(H2,16,19). The number of primary amides is 1. The minimum Gasteiger partial charge on any atom is -0.364 e. The fourth-order valence-electron chi connectivity index (χ4n) is 2.46. The van der Waals surface area contributed by atoms with Crippen molar-refractivity contribution in [2.45, 2.75) is 32.0 Å². The fraction of sp³-hybridized carbons (Fsp3) is 0.667. The Morgan fingerprint density at radius 2 is 1.95 bits per heavy atom. The summed E-state index contributed by atoms with van der Waals surface area (Å²) < 4.78 is 61.5. The van der Waals surface area contributed by atoms with E-state index in [4.69, 9.17) is 5.73 Å². The van der Waals surface area contributed by atoms with Gasteiger partial charge in [-0.15, -0.1) is 0 Å². The van der Waals surface area contributed by atoms with Gasteiger partial charge in [-0.05, 0) is 25.2 Å². The van der Waals surface area contributed by atoms with Crippen molar-refractivity contribution in [2.24, 2.45) is 11.7 Å². The van der Waals surface area contributed by atoms with Crippen molar-refractivity contribution < 1.29 is 26.4 Å². The van der Waals surface area contributed by atoms with Crippen molar-refractivity contribution in [3.8, 4) is 0 Å². The van der Waals surface area contributed by atoms with Crippen LogP contribution in [0.15, 0.2) is 6.07 Å². The number of carbonyl (C=O) groups is 1. The highest BCUT2D eigenvalue weighted by Crippen LogP contribution is 2.29. The van der Waals surface area contributed by atoms with E-state index in [-0.39, 0.29) is 29.7 Å². The Bertz CT molecular complexity index is 653. The van der Waals surface area contributed by atoms with E-state index in [9.17, 15) is 26.4 Å². The molecule has 0 aliphatic carbocycles. The number of aryl methyl sites for hydroxylation is 1. The molecule has 1 aromatic rings. The monoisotopic (exact) mass is 339 g/mol. The van der Waals surface area contributed by atoms with Gasteiger partial charge in [0.15, 0.2) is 5.69 Å². The predicted octanol–water partition coefficient (Wildman–Crippen LogP) is 1.22. The van der Waals surface area contributed by atoms with Crippen LogP contribution in [0.3, 0.4) is 0 Å². The third kappa shape index (κ3) is 3.99. The molecule has 1 saturated heterocycles. The lowest BCUT2D eigenvalue weighted by Crippen LogP contribution is -2.25. The SMILES string of the molecule is NC(=O)c1cc(C(F)(F)F)nn1CCC1CCS(=O)(=O)CC1. The van der Waals surface area contributed by atoms with Gasteiger partial charge < -0.3 is 5.73 Å². The van der Waals surface area contributed by atoms with Crippen LogP contribution in [0.1, 0.15) is 35.4 Å². The number of nitrogens with zero attached hydrogens (tertiary/aromatic N) is 2. The van der Waals surface area contributed by atoms with Crippen LogP contribution < -0.4 is 5.73 Å². The normalized spacial score (nSPS) is 19.2. The van der Waals surface area contributed by atoms with Crippen LogP contribution in [-0.2, 0) is 22.6 Å². The summed E-state index contributed by atoms with van der Waals surface area (Å²) in [6.45, 7) is 0.0963. The summed E-state index contributed by atoms with van der Waals surface area (Å²) in [6.07, 6.45) is -3.24. The largest absolute Gasteiger partial charge is 0.435 e. The van der Waals surface area contributed by atoms with Gasteiger partial charge in [-0.1, -0.05) is 0 Å². The lowest BCUT2D eigenvalue weighted by molar-refractivity contribution is -0.141. The molecule has 1 aliphatic heterocycles. The average molecular weight is 339 g/mol. The number of nitrogens with two attached hydrogens (primary N) is 1. The van der Waals surface area contributed by atoms with Crippen LogP contribution in [0.25, 0.3) is 0 Å². The van der Waals surface area contributed by atoms with Gasteiger partial charge in [0, 0.05) is 12.6 Å². The van der Waals surface area contributed by atoms with E-state index in [1.165, 1.54) is 0 Å². The summed E-state index contributed by atoms with van der Waals surface area (Å²) >= 11 is 0. The maximum Gasteiger partial charge on any atom is 0.435 e. The molecular formula is C12H16F3N3O3S. The fourth-order valence-corrected chi connectivity index (χ4v) is 4.05. The first-order valence-electron chi connectivity index (χ1n) is 6.74. The van der Waals surface area contributed by atoms with Crippen LogP contribution in [0.5, 0.6) is 0 Å². The van der Waals surface area contributed by atoms with Gasteiger partial charge in [0.1, 0.15) is 15.5 Å². The molecule has 0 unspecified atom stereocenters. The number of hydrogen-bond donors (Lipinski definition) is 1. The predicted molar refractivity (Wildman–Crippen MR) is 71.7 cm³/mol. The van der Waals surface area contributed by atoms with Crippen LogP contribution in [0.4, 0.5) is 13.2 Å². The zero-order valence-corrected chi connectivity index (χ0v) is 12.5. The first kappa shape index (κ1) is 16.8. The molecule has 2 N–H and O–H groups in total. The number of halogens is 3. The number of alkyl halides is 3. The molecular weight excluding hydrogens is 323 g/mol. The smallest absolute Gasteiger partial charge is 0.364 e. The molecule has 1 fully saturated rings. The molecule has 0 bridgehead atoms. The number of sulfone groups is 1. The van der Waals surface area contributed by atoms with Crippen molar-refractivity contribution in [1.82, 2.24) is 9.78 Å². The second-order valence-electron chi connectivity index (χ2n) is 5.38. The highest BCUT2D eigenvalue weighted by atomic mass is 32.2. The molecule has 0 radical (unpaired) electrons. The first-order valence-corrected chi connectivity index (χ1v) is 8.56. The molecule has 0 aromatic carbocycles.